The third-order valence-corrected chi connectivity index (χ3v) is 0.697. The number of hydrogen-bond acceptors (Lipinski definition) is 0. The molecule has 0 radical (unpaired) electrons. The van der Waals surface area contributed by atoms with Crippen LogP contribution in [0.4, 0.5) is 4.39 Å². The van der Waals surface area contributed by atoms with Crippen molar-refractivity contribution in [3.05, 3.63) is 19.8 Å². The summed E-state index contributed by atoms with van der Waals surface area (Å²) in [4.78, 5) is 0. The maximum absolute atomic E-state index is 10.1. The molecule has 0 saturated heterocycles. The van der Waals surface area contributed by atoms with Crippen molar-refractivity contribution in [3.63, 3.8) is 0 Å². The first-order valence-corrected chi connectivity index (χ1v) is 2.73. The fraction of sp³-hybridized carbons (Fsp3) is 0.571. The molecule has 0 aliphatic carbocycles. The Morgan fingerprint density at radius 3 is 1.89 bits per heavy atom. The van der Waals surface area contributed by atoms with E-state index in [-0.39, 0.29) is 6.33 Å². The van der Waals surface area contributed by atoms with Crippen molar-refractivity contribution in [3.8, 4) is 0 Å². The fourth-order valence-electron chi connectivity index (χ4n) is 0. The van der Waals surface area contributed by atoms with Crippen molar-refractivity contribution < 1.29 is 4.39 Å². The van der Waals surface area contributed by atoms with Gasteiger partial charge in [0.15, 0.2) is 0 Å². The van der Waals surface area contributed by atoms with Gasteiger partial charge in [-0.25, -0.2) is 4.39 Å². The Bertz CT molecular complexity index is 44.2. The van der Waals surface area contributed by atoms with Gasteiger partial charge in [-0.2, -0.15) is 5.92 Å². The molecule has 1 unspecified atom stereocenters. The molecule has 0 aliphatic heterocycles. The molecule has 0 nitrogen and oxygen atoms in total. The summed E-state index contributed by atoms with van der Waals surface area (Å²) in [6.07, 6.45) is 1.44. The summed E-state index contributed by atoms with van der Waals surface area (Å²) in [6, 6.07) is 0. The molecular weight excluding hydrogens is 370 g/mol. The average molecular weight is 384 g/mol. The summed E-state index contributed by atoms with van der Waals surface area (Å²) in [5, 5.41) is 0. The molecule has 0 heterocycles. The van der Waals surface area contributed by atoms with E-state index in [1.807, 2.05) is 0 Å². The molecule has 0 aromatic carbocycles. The minimum Gasteiger partial charge on any atom is -0.341 e. The van der Waals surface area contributed by atoms with Crippen LogP contribution >= 0.6 is 0 Å². The Morgan fingerprint density at radius 1 is 1.78 bits per heavy atom. The van der Waals surface area contributed by atoms with Gasteiger partial charge in [0.25, 0.3) is 0 Å². The van der Waals surface area contributed by atoms with Crippen molar-refractivity contribution in [2.45, 2.75) is 20.3 Å². The van der Waals surface area contributed by atoms with Gasteiger partial charge in [0.1, 0.15) is 0 Å². The van der Waals surface area contributed by atoms with Gasteiger partial charge in [-0.15, -0.1) is 0 Å². The molecule has 9 heavy (non-hydrogen) atoms. The van der Waals surface area contributed by atoms with Crippen LogP contribution in [0.2, 0.25) is 0 Å². The molecule has 0 amide bonds. The van der Waals surface area contributed by atoms with E-state index in [2.05, 4.69) is 27.4 Å². The first-order valence-electron chi connectivity index (χ1n) is 2.73. The van der Waals surface area contributed by atoms with Gasteiger partial charge in [-0.1, -0.05) is 26.8 Å². The maximum atomic E-state index is 10.1. The third kappa shape index (κ3) is 324. The van der Waals surface area contributed by atoms with E-state index in [1.54, 1.807) is 0 Å². The Balaban J connectivity index is -0.0000000800. The van der Waals surface area contributed by atoms with Crippen LogP contribution in [0, 0.1) is 12.8 Å². The number of rotatable bonds is 1. The zero-order chi connectivity index (χ0) is 6.99. The van der Waals surface area contributed by atoms with Gasteiger partial charge in [0.2, 0.25) is 0 Å². The molecule has 2 heteroatoms. The molecule has 0 fully saturated rings. The molecule has 0 rings (SSSR count). The second-order valence-corrected chi connectivity index (χ2v) is 1.67. The van der Waals surface area contributed by atoms with Crippen molar-refractivity contribution >= 4 is 0 Å². The summed E-state index contributed by atoms with van der Waals surface area (Å²) >= 11 is 0. The Hall–Kier alpha value is -1.33. The van der Waals surface area contributed by atoms with Crippen molar-refractivity contribution in [1.82, 2.24) is 0 Å². The van der Waals surface area contributed by atoms with Gasteiger partial charge in [-0.05, 0) is 0 Å². The summed E-state index contributed by atoms with van der Waals surface area (Å²) in [5.74, 6) is 0.634. The van der Waals surface area contributed by atoms with Crippen molar-refractivity contribution in [2.24, 2.45) is 5.92 Å². The maximum Gasteiger partial charge on any atom is 0.0795 e. The molecule has 0 N–H and O–H groups in total. The molecule has 0 bridgehead atoms. The predicted molar refractivity (Wildman–Crippen MR) is 36.1 cm³/mol. The molecule has 0 aromatic heterocycles. The standard InChI is InChI=1S/C5H11.C2H3F.Rf/c1-4-5(2)3;1-2-3;/h5H,2,4H2,1,3H3;2H,1H2;/q-1;;. The van der Waals surface area contributed by atoms with Gasteiger partial charge >= 0.3 is 0 Å². The molecule has 0 aliphatic rings. The fourth-order valence-corrected chi connectivity index (χ4v) is 0. The normalized spacial score (nSPS) is 9.78. The van der Waals surface area contributed by atoms with E-state index < -0.39 is 0 Å². The average Bonchev–Trinajstić information content (AvgIpc) is 1.69. The first kappa shape index (κ1) is 15.6. The van der Waals surface area contributed by atoms with Gasteiger partial charge < -0.3 is 6.92 Å². The van der Waals surface area contributed by atoms with E-state index in [0.717, 1.165) is 0 Å². The summed E-state index contributed by atoms with van der Waals surface area (Å²) in [7, 11) is 0. The largest absolute Gasteiger partial charge is 0.341 e. The van der Waals surface area contributed by atoms with E-state index in [4.69, 9.17) is 0 Å². The van der Waals surface area contributed by atoms with E-state index in [9.17, 15) is 4.39 Å². The van der Waals surface area contributed by atoms with Crippen molar-refractivity contribution in [2.75, 3.05) is 0 Å². The van der Waals surface area contributed by atoms with E-state index >= 15 is 0 Å². The minimum absolute atomic E-state index is 0. The van der Waals surface area contributed by atoms with Crippen molar-refractivity contribution in [1.29, 1.82) is 0 Å². The smallest absolute Gasteiger partial charge is 0.0795 e. The Kier molecular flexibility index (Phi) is 27.7. The van der Waals surface area contributed by atoms with Crippen LogP contribution in [0.15, 0.2) is 12.9 Å². The van der Waals surface area contributed by atoms with Crippen LogP contribution in [-0.4, -0.2) is 0 Å². The molecule has 1 atom stereocenters. The quantitative estimate of drug-likeness (QED) is 0.610. The van der Waals surface area contributed by atoms with Gasteiger partial charge in [0, 0.05) is 0 Å². The summed E-state index contributed by atoms with van der Waals surface area (Å²) in [6.45, 7) is 10.7. The molecule has 52 valence electrons. The summed E-state index contributed by atoms with van der Waals surface area (Å²) in [5.41, 5.74) is 0. The minimum atomic E-state index is 0. The second kappa shape index (κ2) is 15.9. The van der Waals surface area contributed by atoms with Crippen LogP contribution in [0.5, 0.6) is 0 Å². The summed E-state index contributed by atoms with van der Waals surface area (Å²) < 4.78 is 10.1. The van der Waals surface area contributed by atoms with Gasteiger partial charge in [-0.3, -0.25) is 0 Å². The zero-order valence-corrected chi connectivity index (χ0v) is 12.8. The SMILES string of the molecule is C=CF.[CH2-]C(C)CC.[Rf]. The molecule has 0 aromatic rings. The predicted octanol–water partition coefficient (Wildman–Crippen LogP) is 2.97. The number of hydrogen-bond donors (Lipinski definition) is 0. The topological polar surface area (TPSA) is 0 Å². The van der Waals surface area contributed by atoms with Crippen LogP contribution in [0.3, 0.4) is 0 Å². The van der Waals surface area contributed by atoms with E-state index in [0.29, 0.717) is 5.92 Å². The second-order valence-electron chi connectivity index (χ2n) is 1.67. The van der Waals surface area contributed by atoms with Gasteiger partial charge in [0.05, 0.1) is 6.33 Å². The molecular formula is C7H14FRf-. The third-order valence-electron chi connectivity index (χ3n) is 0.697. The van der Waals surface area contributed by atoms with Crippen LogP contribution in [0.25, 0.3) is 0 Å². The monoisotopic (exact) mass is 384 g/mol. The molecule has 0 spiro atoms. The Labute approximate surface area is 51.4 Å². The number of halogens is 1. The molecule has 0 saturated carbocycles. The van der Waals surface area contributed by atoms with Crippen LogP contribution in [0.1, 0.15) is 20.3 Å². The van der Waals surface area contributed by atoms with E-state index in [1.165, 1.54) is 6.42 Å². The Morgan fingerprint density at radius 2 is 1.89 bits per heavy atom. The zero-order valence-electron chi connectivity index (χ0n) is 6.36. The van der Waals surface area contributed by atoms with Crippen LogP contribution in [-0.2, 0) is 0 Å². The van der Waals surface area contributed by atoms with Crippen LogP contribution < -0.4 is 0 Å². The first-order chi connectivity index (χ1) is 3.68.